The van der Waals surface area contributed by atoms with Crippen molar-refractivity contribution in [1.29, 1.82) is 0 Å². The maximum absolute atomic E-state index is 12.4. The van der Waals surface area contributed by atoms with Crippen molar-refractivity contribution in [2.24, 2.45) is 5.92 Å². The summed E-state index contributed by atoms with van der Waals surface area (Å²) in [4.78, 5) is 19.1. The molecule has 2 aromatic heterocycles. The van der Waals surface area contributed by atoms with Crippen LogP contribution in [0.4, 0.5) is 0 Å². The fourth-order valence-corrected chi connectivity index (χ4v) is 3.83. The lowest BCUT2D eigenvalue weighted by atomic mass is 9.96. The van der Waals surface area contributed by atoms with Crippen LogP contribution >= 0.6 is 0 Å². The molecule has 0 radical (unpaired) electrons. The summed E-state index contributed by atoms with van der Waals surface area (Å²) >= 11 is 0. The molecule has 0 saturated carbocycles. The molecule has 2 aliphatic heterocycles. The number of rotatable bonds is 4. The number of nitrogens with zero attached hydrogens (tertiary/aromatic N) is 4. The molecular formula is C19H26N4O3. The molecule has 0 aromatic carbocycles. The molecule has 0 bridgehead atoms. The SMILES string of the molecule is Cc1ncn(CC2CCN(Cc3noc4c3COCC4)CC2)c(=O)c1C. The van der Waals surface area contributed by atoms with Crippen molar-refractivity contribution in [3.63, 3.8) is 0 Å². The summed E-state index contributed by atoms with van der Waals surface area (Å²) < 4.78 is 12.8. The molecule has 4 rings (SSSR count). The zero-order chi connectivity index (χ0) is 18.1. The van der Waals surface area contributed by atoms with Gasteiger partial charge in [-0.05, 0) is 45.7 Å². The lowest BCUT2D eigenvalue weighted by Gasteiger charge is -2.31. The molecule has 0 atom stereocenters. The number of fused-ring (bicyclic) bond motifs is 1. The van der Waals surface area contributed by atoms with E-state index in [1.807, 2.05) is 13.8 Å². The summed E-state index contributed by atoms with van der Waals surface area (Å²) in [7, 11) is 0. The monoisotopic (exact) mass is 358 g/mol. The third kappa shape index (κ3) is 3.46. The number of hydrogen-bond acceptors (Lipinski definition) is 6. The van der Waals surface area contributed by atoms with Crippen molar-refractivity contribution >= 4 is 0 Å². The van der Waals surface area contributed by atoms with Crippen molar-refractivity contribution in [3.8, 4) is 0 Å². The van der Waals surface area contributed by atoms with E-state index in [4.69, 9.17) is 9.26 Å². The Morgan fingerprint density at radius 3 is 2.88 bits per heavy atom. The van der Waals surface area contributed by atoms with Crippen LogP contribution in [-0.2, 0) is 30.9 Å². The van der Waals surface area contributed by atoms with Crippen LogP contribution in [0.2, 0.25) is 0 Å². The highest BCUT2D eigenvalue weighted by molar-refractivity contribution is 5.23. The first-order chi connectivity index (χ1) is 12.6. The first-order valence-corrected chi connectivity index (χ1v) is 9.41. The van der Waals surface area contributed by atoms with Gasteiger partial charge >= 0.3 is 0 Å². The Balaban J connectivity index is 1.34. The Morgan fingerprint density at radius 2 is 2.08 bits per heavy atom. The molecule has 26 heavy (non-hydrogen) atoms. The van der Waals surface area contributed by atoms with E-state index in [9.17, 15) is 4.79 Å². The molecule has 2 aliphatic rings. The van der Waals surface area contributed by atoms with Gasteiger partial charge in [0.05, 0.1) is 19.5 Å². The highest BCUT2D eigenvalue weighted by atomic mass is 16.5. The number of ether oxygens (including phenoxy) is 1. The van der Waals surface area contributed by atoms with Gasteiger partial charge in [0.15, 0.2) is 0 Å². The lowest BCUT2D eigenvalue weighted by molar-refractivity contribution is 0.102. The van der Waals surface area contributed by atoms with Crippen molar-refractivity contribution in [3.05, 3.63) is 45.0 Å². The van der Waals surface area contributed by atoms with Gasteiger partial charge in [-0.25, -0.2) is 4.98 Å². The number of aromatic nitrogens is 3. The number of likely N-dealkylation sites (tertiary alicyclic amines) is 1. The maximum Gasteiger partial charge on any atom is 0.256 e. The first kappa shape index (κ1) is 17.4. The average molecular weight is 358 g/mol. The third-order valence-corrected chi connectivity index (χ3v) is 5.72. The number of hydrogen-bond donors (Lipinski definition) is 0. The molecule has 0 aliphatic carbocycles. The Kier molecular flexibility index (Phi) is 4.91. The third-order valence-electron chi connectivity index (χ3n) is 5.72. The van der Waals surface area contributed by atoms with Gasteiger partial charge in [0, 0.05) is 36.3 Å². The average Bonchev–Trinajstić information content (AvgIpc) is 3.07. The van der Waals surface area contributed by atoms with Crippen LogP contribution in [0.25, 0.3) is 0 Å². The van der Waals surface area contributed by atoms with E-state index < -0.39 is 0 Å². The Labute approximate surface area is 153 Å². The lowest BCUT2D eigenvalue weighted by Crippen LogP contribution is -2.36. The topological polar surface area (TPSA) is 73.4 Å². The zero-order valence-corrected chi connectivity index (χ0v) is 15.5. The van der Waals surface area contributed by atoms with Gasteiger partial charge in [0.2, 0.25) is 0 Å². The van der Waals surface area contributed by atoms with E-state index in [0.717, 1.165) is 80.3 Å². The molecule has 0 unspecified atom stereocenters. The molecule has 1 fully saturated rings. The van der Waals surface area contributed by atoms with Crippen molar-refractivity contribution in [2.75, 3.05) is 19.7 Å². The second-order valence-electron chi connectivity index (χ2n) is 7.47. The highest BCUT2D eigenvalue weighted by Crippen LogP contribution is 2.24. The Morgan fingerprint density at radius 1 is 1.27 bits per heavy atom. The van der Waals surface area contributed by atoms with Crippen LogP contribution in [0.5, 0.6) is 0 Å². The zero-order valence-electron chi connectivity index (χ0n) is 15.5. The quantitative estimate of drug-likeness (QED) is 0.830. The van der Waals surface area contributed by atoms with Gasteiger partial charge in [-0.2, -0.15) is 0 Å². The predicted molar refractivity (Wildman–Crippen MR) is 95.8 cm³/mol. The summed E-state index contributed by atoms with van der Waals surface area (Å²) in [6.07, 6.45) is 4.67. The van der Waals surface area contributed by atoms with E-state index in [2.05, 4.69) is 15.0 Å². The van der Waals surface area contributed by atoms with Gasteiger partial charge in [-0.1, -0.05) is 5.16 Å². The minimum atomic E-state index is 0.0918. The summed E-state index contributed by atoms with van der Waals surface area (Å²) in [6, 6.07) is 0. The second-order valence-corrected chi connectivity index (χ2v) is 7.47. The molecule has 4 heterocycles. The van der Waals surface area contributed by atoms with Gasteiger partial charge < -0.3 is 9.26 Å². The van der Waals surface area contributed by atoms with Crippen molar-refractivity contribution in [2.45, 2.75) is 52.8 Å². The van der Waals surface area contributed by atoms with Gasteiger partial charge in [-0.15, -0.1) is 0 Å². The summed E-state index contributed by atoms with van der Waals surface area (Å²) in [5, 5.41) is 4.26. The van der Waals surface area contributed by atoms with Gasteiger partial charge in [-0.3, -0.25) is 14.3 Å². The normalized spacial score (nSPS) is 18.8. The van der Waals surface area contributed by atoms with E-state index in [1.165, 1.54) is 0 Å². The van der Waals surface area contributed by atoms with Crippen molar-refractivity contribution < 1.29 is 9.26 Å². The minimum Gasteiger partial charge on any atom is -0.376 e. The van der Waals surface area contributed by atoms with E-state index in [0.29, 0.717) is 12.5 Å². The van der Waals surface area contributed by atoms with E-state index in [1.54, 1.807) is 10.9 Å². The fourth-order valence-electron chi connectivity index (χ4n) is 3.83. The fraction of sp³-hybridized carbons (Fsp3) is 0.632. The Hall–Kier alpha value is -1.99. The van der Waals surface area contributed by atoms with Crippen LogP contribution in [0.15, 0.2) is 15.6 Å². The second kappa shape index (κ2) is 7.32. The molecular weight excluding hydrogens is 332 g/mol. The minimum absolute atomic E-state index is 0.0918. The number of piperidine rings is 1. The maximum atomic E-state index is 12.4. The predicted octanol–water partition coefficient (Wildman–Crippen LogP) is 1.83. The standard InChI is InChI=1S/C19H26N4O3/c1-13-14(2)20-12-23(19(13)24)9-15-3-6-22(7-4-15)10-17-16-11-25-8-5-18(16)26-21-17/h12,15H,3-11H2,1-2H3. The van der Waals surface area contributed by atoms with Crippen LogP contribution < -0.4 is 5.56 Å². The molecule has 0 N–H and O–H groups in total. The smallest absolute Gasteiger partial charge is 0.256 e. The summed E-state index contributed by atoms with van der Waals surface area (Å²) in [5.74, 6) is 1.50. The molecule has 7 heteroatoms. The Bertz CT molecular complexity index is 834. The van der Waals surface area contributed by atoms with Gasteiger partial charge in [0.25, 0.3) is 5.56 Å². The van der Waals surface area contributed by atoms with Gasteiger partial charge in [0.1, 0.15) is 11.5 Å². The van der Waals surface area contributed by atoms with E-state index in [-0.39, 0.29) is 5.56 Å². The highest BCUT2D eigenvalue weighted by Gasteiger charge is 2.25. The number of aryl methyl sites for hydroxylation is 1. The van der Waals surface area contributed by atoms with Crippen molar-refractivity contribution in [1.82, 2.24) is 19.6 Å². The van der Waals surface area contributed by atoms with Crippen LogP contribution in [-0.4, -0.2) is 39.3 Å². The van der Waals surface area contributed by atoms with Crippen LogP contribution in [0, 0.1) is 19.8 Å². The molecule has 7 nitrogen and oxygen atoms in total. The molecule has 1 saturated heterocycles. The van der Waals surface area contributed by atoms with E-state index >= 15 is 0 Å². The molecule has 0 amide bonds. The summed E-state index contributed by atoms with van der Waals surface area (Å²) in [5.41, 5.74) is 3.83. The van der Waals surface area contributed by atoms with Crippen LogP contribution in [0.1, 0.15) is 41.1 Å². The first-order valence-electron chi connectivity index (χ1n) is 9.41. The largest absolute Gasteiger partial charge is 0.376 e. The molecule has 2 aromatic rings. The van der Waals surface area contributed by atoms with Crippen LogP contribution in [0.3, 0.4) is 0 Å². The summed E-state index contributed by atoms with van der Waals surface area (Å²) in [6.45, 7) is 8.68. The molecule has 140 valence electrons. The molecule has 0 spiro atoms.